The number of nitrogens with zero attached hydrogens (tertiary/aromatic N) is 2. The van der Waals surface area contributed by atoms with Gasteiger partial charge >= 0.3 is 0 Å². The fourth-order valence-corrected chi connectivity index (χ4v) is 3.60. The molecule has 0 unspecified atom stereocenters. The maximum absolute atomic E-state index is 12.9. The van der Waals surface area contributed by atoms with Crippen LogP contribution in [-0.2, 0) is 14.8 Å². The van der Waals surface area contributed by atoms with Crippen LogP contribution in [0.15, 0.2) is 53.8 Å². The number of aromatic nitrogens is 2. The highest BCUT2D eigenvalue weighted by molar-refractivity contribution is 7.92. The van der Waals surface area contributed by atoms with E-state index in [1.54, 1.807) is 31.5 Å². The third kappa shape index (κ3) is 3.45. The van der Waals surface area contributed by atoms with Gasteiger partial charge in [0.05, 0.1) is 17.8 Å². The lowest BCUT2D eigenvalue weighted by Crippen LogP contribution is -2.27. The zero-order chi connectivity index (χ0) is 17.9. The molecule has 0 saturated heterocycles. The molecule has 132 valence electrons. The Hall–Kier alpha value is -2.58. The first-order valence-electron chi connectivity index (χ1n) is 7.67. The average molecular weight is 361 g/mol. The van der Waals surface area contributed by atoms with Crippen LogP contribution in [0.4, 0.5) is 5.69 Å². The van der Waals surface area contributed by atoms with E-state index in [1.165, 1.54) is 23.6 Å². The number of rotatable bonds is 7. The van der Waals surface area contributed by atoms with Gasteiger partial charge in [-0.2, -0.15) is 8.42 Å². The van der Waals surface area contributed by atoms with Crippen molar-refractivity contribution in [2.75, 3.05) is 31.7 Å². The van der Waals surface area contributed by atoms with Crippen LogP contribution in [-0.4, -0.2) is 45.8 Å². The smallest absolute Gasteiger partial charge is 0.281 e. The Morgan fingerprint density at radius 2 is 2.04 bits per heavy atom. The standard InChI is InChI=1S/C17H19N3O4S/c1-20(25(21,22)16-5-3-4-7-18-16)15-12-14(24-10-9-23-2)11-13-6-8-19-17(13)15/h3-8,11-12,19H,9-10H2,1-2H3. The van der Waals surface area contributed by atoms with Crippen LogP contribution in [0.5, 0.6) is 5.75 Å². The molecule has 0 fully saturated rings. The molecule has 3 rings (SSSR count). The zero-order valence-electron chi connectivity index (χ0n) is 14.0. The number of aromatic amines is 1. The van der Waals surface area contributed by atoms with Crippen LogP contribution in [0, 0.1) is 0 Å². The van der Waals surface area contributed by atoms with Crippen molar-refractivity contribution in [2.24, 2.45) is 0 Å². The van der Waals surface area contributed by atoms with Crippen molar-refractivity contribution in [3.8, 4) is 5.75 Å². The van der Waals surface area contributed by atoms with Gasteiger partial charge in [0.1, 0.15) is 12.4 Å². The van der Waals surface area contributed by atoms with Crippen LogP contribution < -0.4 is 9.04 Å². The van der Waals surface area contributed by atoms with Crippen LogP contribution in [0.25, 0.3) is 10.9 Å². The Morgan fingerprint density at radius 1 is 1.20 bits per heavy atom. The number of anilines is 1. The molecule has 2 heterocycles. The molecule has 0 aliphatic rings. The van der Waals surface area contributed by atoms with Gasteiger partial charge in [-0.1, -0.05) is 6.07 Å². The summed E-state index contributed by atoms with van der Waals surface area (Å²) in [4.78, 5) is 7.04. The highest BCUT2D eigenvalue weighted by Gasteiger charge is 2.25. The first kappa shape index (κ1) is 17.2. The van der Waals surface area contributed by atoms with Crippen molar-refractivity contribution in [3.63, 3.8) is 0 Å². The summed E-state index contributed by atoms with van der Waals surface area (Å²) in [6.45, 7) is 0.825. The molecule has 0 saturated carbocycles. The molecule has 1 aromatic carbocycles. The van der Waals surface area contributed by atoms with E-state index in [1.807, 2.05) is 12.1 Å². The van der Waals surface area contributed by atoms with E-state index in [0.29, 0.717) is 30.2 Å². The minimum Gasteiger partial charge on any atom is -0.491 e. The average Bonchev–Trinajstić information content (AvgIpc) is 3.10. The van der Waals surface area contributed by atoms with Crippen LogP contribution in [0.2, 0.25) is 0 Å². The van der Waals surface area contributed by atoms with Gasteiger partial charge in [0.2, 0.25) is 0 Å². The predicted octanol–water partition coefficient (Wildman–Crippen LogP) is 2.41. The topological polar surface area (TPSA) is 84.5 Å². The van der Waals surface area contributed by atoms with Gasteiger partial charge in [-0.05, 0) is 24.3 Å². The molecule has 2 aromatic heterocycles. The molecule has 0 aliphatic carbocycles. The van der Waals surface area contributed by atoms with E-state index < -0.39 is 10.0 Å². The minimum atomic E-state index is -3.78. The third-order valence-electron chi connectivity index (χ3n) is 3.77. The van der Waals surface area contributed by atoms with Gasteiger partial charge in [0.25, 0.3) is 10.0 Å². The molecule has 25 heavy (non-hydrogen) atoms. The van der Waals surface area contributed by atoms with Gasteiger partial charge in [-0.25, -0.2) is 4.98 Å². The molecule has 0 bridgehead atoms. The van der Waals surface area contributed by atoms with E-state index in [9.17, 15) is 8.42 Å². The molecule has 8 heteroatoms. The Balaban J connectivity index is 2.03. The van der Waals surface area contributed by atoms with Crippen molar-refractivity contribution in [1.82, 2.24) is 9.97 Å². The van der Waals surface area contributed by atoms with Gasteiger partial charge < -0.3 is 14.5 Å². The van der Waals surface area contributed by atoms with Crippen LogP contribution in [0.3, 0.4) is 0 Å². The molecule has 3 aromatic rings. The Labute approximate surface area is 146 Å². The van der Waals surface area contributed by atoms with Crippen LogP contribution in [0.1, 0.15) is 0 Å². The highest BCUT2D eigenvalue weighted by atomic mass is 32.2. The number of H-pyrrole nitrogens is 1. The predicted molar refractivity (Wildman–Crippen MR) is 95.5 cm³/mol. The number of pyridine rings is 1. The van der Waals surface area contributed by atoms with Crippen molar-refractivity contribution in [2.45, 2.75) is 5.03 Å². The fraction of sp³-hybridized carbons (Fsp3) is 0.235. The lowest BCUT2D eigenvalue weighted by Gasteiger charge is -2.20. The first-order chi connectivity index (χ1) is 12.0. The summed E-state index contributed by atoms with van der Waals surface area (Å²) in [5.74, 6) is 0.572. The Morgan fingerprint density at radius 3 is 2.76 bits per heavy atom. The summed E-state index contributed by atoms with van der Waals surface area (Å²) in [7, 11) is -0.688. The monoisotopic (exact) mass is 361 g/mol. The summed E-state index contributed by atoms with van der Waals surface area (Å²) in [6.07, 6.45) is 3.21. The minimum absolute atomic E-state index is 0.0112. The second-order valence-corrected chi connectivity index (χ2v) is 7.28. The van der Waals surface area contributed by atoms with Gasteiger partial charge in [-0.3, -0.25) is 4.31 Å². The van der Waals surface area contributed by atoms with E-state index in [0.717, 1.165) is 5.39 Å². The SMILES string of the molecule is COCCOc1cc(N(C)S(=O)(=O)c2ccccn2)c2[nH]ccc2c1. The highest BCUT2D eigenvalue weighted by Crippen LogP contribution is 2.33. The first-order valence-corrected chi connectivity index (χ1v) is 9.11. The van der Waals surface area contributed by atoms with Crippen molar-refractivity contribution in [1.29, 1.82) is 0 Å². The number of nitrogens with one attached hydrogen (secondary N) is 1. The summed E-state index contributed by atoms with van der Waals surface area (Å²) in [5, 5.41) is 0.843. The largest absolute Gasteiger partial charge is 0.491 e. The number of fused-ring (bicyclic) bond motifs is 1. The molecule has 1 N–H and O–H groups in total. The second kappa shape index (κ2) is 7.12. The summed E-state index contributed by atoms with van der Waals surface area (Å²) in [5.41, 5.74) is 1.20. The quantitative estimate of drug-likeness (QED) is 0.653. The van der Waals surface area contributed by atoms with Crippen molar-refractivity contribution in [3.05, 3.63) is 48.8 Å². The maximum atomic E-state index is 12.9. The summed E-state index contributed by atoms with van der Waals surface area (Å²) < 4.78 is 37.6. The number of ether oxygens (including phenoxy) is 2. The molecule has 0 amide bonds. The third-order valence-corrected chi connectivity index (χ3v) is 5.46. The van der Waals surface area contributed by atoms with Gasteiger partial charge in [0.15, 0.2) is 5.03 Å². The van der Waals surface area contributed by atoms with Crippen molar-refractivity contribution < 1.29 is 17.9 Å². The van der Waals surface area contributed by atoms with E-state index in [2.05, 4.69) is 9.97 Å². The number of hydrogen-bond donors (Lipinski definition) is 1. The maximum Gasteiger partial charge on any atom is 0.281 e. The Kier molecular flexibility index (Phi) is 4.91. The van der Waals surface area contributed by atoms with Crippen molar-refractivity contribution >= 4 is 26.6 Å². The zero-order valence-corrected chi connectivity index (χ0v) is 14.8. The number of benzene rings is 1. The number of methoxy groups -OCH3 is 1. The normalized spacial score (nSPS) is 11.6. The lowest BCUT2D eigenvalue weighted by atomic mass is 10.2. The number of sulfonamides is 1. The second-order valence-electron chi connectivity index (χ2n) is 5.37. The molecular formula is C17H19N3O4S. The molecule has 0 aliphatic heterocycles. The van der Waals surface area contributed by atoms with Gasteiger partial charge in [-0.15, -0.1) is 0 Å². The fourth-order valence-electron chi connectivity index (χ4n) is 2.47. The molecule has 0 atom stereocenters. The van der Waals surface area contributed by atoms with E-state index in [-0.39, 0.29) is 5.03 Å². The Bertz CT molecular complexity index is 954. The molecule has 0 radical (unpaired) electrons. The van der Waals surface area contributed by atoms with E-state index in [4.69, 9.17) is 9.47 Å². The summed E-state index contributed by atoms with van der Waals surface area (Å²) >= 11 is 0. The van der Waals surface area contributed by atoms with Crippen LogP contribution >= 0.6 is 0 Å². The number of hydrogen-bond acceptors (Lipinski definition) is 5. The molecule has 7 nitrogen and oxygen atoms in total. The molecule has 0 spiro atoms. The lowest BCUT2D eigenvalue weighted by molar-refractivity contribution is 0.146. The van der Waals surface area contributed by atoms with Gasteiger partial charge in [0, 0.05) is 38.0 Å². The molecular weight excluding hydrogens is 342 g/mol. The summed E-state index contributed by atoms with van der Waals surface area (Å²) in [6, 6.07) is 10.2. The van der Waals surface area contributed by atoms with E-state index >= 15 is 0 Å².